The van der Waals surface area contributed by atoms with Crippen molar-refractivity contribution >= 4 is 29.8 Å². The lowest BCUT2D eigenvalue weighted by Gasteiger charge is -2.15. The van der Waals surface area contributed by atoms with E-state index in [2.05, 4.69) is 5.10 Å². The molecule has 1 atom stereocenters. The lowest BCUT2D eigenvalue weighted by atomic mass is 10.3. The highest BCUT2D eigenvalue weighted by atomic mass is 35.5. The van der Waals surface area contributed by atoms with E-state index in [1.807, 2.05) is 37.3 Å². The van der Waals surface area contributed by atoms with Crippen molar-refractivity contribution < 1.29 is 13.6 Å². The normalized spacial score (nSPS) is 13.8. The number of aromatic nitrogens is 2. The van der Waals surface area contributed by atoms with Crippen molar-refractivity contribution in [3.63, 3.8) is 0 Å². The van der Waals surface area contributed by atoms with E-state index in [0.29, 0.717) is 17.4 Å². The molecular weight excluding hydrogens is 343 g/mol. The van der Waals surface area contributed by atoms with Crippen molar-refractivity contribution in [3.05, 3.63) is 41.6 Å². The third-order valence-electron chi connectivity index (χ3n) is 2.60. The van der Waals surface area contributed by atoms with Crippen LogP contribution in [0, 0.1) is 0 Å². The molecule has 2 aromatic rings. The molecule has 8 heteroatoms. The summed E-state index contributed by atoms with van der Waals surface area (Å²) >= 11 is 7.30. The second-order valence-corrected chi connectivity index (χ2v) is 8.88. The molecule has 5 nitrogen and oxygen atoms in total. The van der Waals surface area contributed by atoms with Crippen LogP contribution in [0.4, 0.5) is 0 Å². The first-order valence-corrected chi connectivity index (χ1v) is 10.5. The van der Waals surface area contributed by atoms with Crippen LogP contribution in [-0.4, -0.2) is 22.1 Å². The van der Waals surface area contributed by atoms with Crippen molar-refractivity contribution in [3.8, 4) is 11.6 Å². The molecule has 0 saturated heterocycles. The highest BCUT2D eigenvalue weighted by molar-refractivity contribution is 8.55. The number of nitrogens with zero attached hydrogens (tertiary/aromatic N) is 2. The molecule has 0 spiro atoms. The molecule has 22 heavy (non-hydrogen) atoms. The molecular formula is C14H18ClN2O3PS. The second-order valence-electron chi connectivity index (χ2n) is 4.35. The van der Waals surface area contributed by atoms with Gasteiger partial charge in [-0.3, -0.25) is 4.52 Å². The van der Waals surface area contributed by atoms with Crippen LogP contribution in [0.5, 0.6) is 5.88 Å². The van der Waals surface area contributed by atoms with Crippen LogP contribution < -0.4 is 4.52 Å². The Morgan fingerprint density at radius 2 is 2.05 bits per heavy atom. The maximum atomic E-state index is 12.7. The maximum Gasteiger partial charge on any atom is 0.441 e. The SMILES string of the molecule is CCCSP(=O)(OCC)Oc1nn(-c2ccccc2)cc1Cl. The van der Waals surface area contributed by atoms with E-state index in [-0.39, 0.29) is 5.88 Å². The Morgan fingerprint density at radius 1 is 1.32 bits per heavy atom. The first-order chi connectivity index (χ1) is 10.6. The third kappa shape index (κ3) is 4.53. The van der Waals surface area contributed by atoms with Crippen molar-refractivity contribution in [2.45, 2.75) is 20.3 Å². The van der Waals surface area contributed by atoms with Crippen molar-refractivity contribution in [1.29, 1.82) is 0 Å². The summed E-state index contributed by atoms with van der Waals surface area (Å²) in [6.07, 6.45) is 2.49. The summed E-state index contributed by atoms with van der Waals surface area (Å²) in [6.45, 7) is 0.761. The Bertz CT molecular complexity index is 651. The van der Waals surface area contributed by atoms with Gasteiger partial charge in [0.25, 0.3) is 5.88 Å². The fourth-order valence-electron chi connectivity index (χ4n) is 1.67. The minimum Gasteiger partial charge on any atom is -0.395 e. The maximum absolute atomic E-state index is 12.7. The summed E-state index contributed by atoms with van der Waals surface area (Å²) in [5, 5.41) is 4.54. The second kappa shape index (κ2) is 8.06. The first kappa shape index (κ1) is 17.4. The van der Waals surface area contributed by atoms with E-state index in [1.54, 1.807) is 17.8 Å². The van der Waals surface area contributed by atoms with Crippen LogP contribution in [0.25, 0.3) is 5.69 Å². The lowest BCUT2D eigenvalue weighted by Crippen LogP contribution is -1.98. The van der Waals surface area contributed by atoms with E-state index in [9.17, 15) is 4.57 Å². The van der Waals surface area contributed by atoms with Gasteiger partial charge in [-0.25, -0.2) is 9.25 Å². The minimum absolute atomic E-state index is 0.117. The third-order valence-corrected chi connectivity index (χ3v) is 6.77. The van der Waals surface area contributed by atoms with Crippen molar-refractivity contribution in [2.24, 2.45) is 0 Å². The number of hydrogen-bond donors (Lipinski definition) is 0. The average Bonchev–Trinajstić information content (AvgIpc) is 2.87. The van der Waals surface area contributed by atoms with Gasteiger partial charge in [-0.05, 0) is 36.9 Å². The van der Waals surface area contributed by atoms with Gasteiger partial charge in [0.2, 0.25) is 0 Å². The summed E-state index contributed by atoms with van der Waals surface area (Å²) in [6, 6.07) is 9.49. The Morgan fingerprint density at radius 3 is 2.68 bits per heavy atom. The molecule has 0 aliphatic rings. The standard InChI is InChI=1S/C14H18ClN2O3PS/c1-3-10-22-21(18,19-4-2)20-14-13(15)11-17(16-14)12-8-6-5-7-9-12/h5-9,11H,3-4,10H2,1-2H3. The predicted octanol–water partition coefficient (Wildman–Crippen LogP) is 5.19. The summed E-state index contributed by atoms with van der Waals surface area (Å²) in [7, 11) is 0. The number of hydrogen-bond acceptors (Lipinski definition) is 5. The van der Waals surface area contributed by atoms with Crippen molar-refractivity contribution in [1.82, 2.24) is 9.78 Å². The first-order valence-electron chi connectivity index (χ1n) is 6.97. The molecule has 120 valence electrons. The van der Waals surface area contributed by atoms with Gasteiger partial charge in [-0.15, -0.1) is 5.10 Å². The zero-order valence-corrected chi connectivity index (χ0v) is 14.9. The van der Waals surface area contributed by atoms with Crippen LogP contribution in [-0.2, 0) is 9.09 Å². The highest BCUT2D eigenvalue weighted by Gasteiger charge is 2.29. The van der Waals surface area contributed by atoms with Gasteiger partial charge >= 0.3 is 6.80 Å². The molecule has 0 amide bonds. The quantitative estimate of drug-likeness (QED) is 0.606. The fourth-order valence-corrected chi connectivity index (χ4v) is 5.27. The average molecular weight is 361 g/mol. The zero-order valence-electron chi connectivity index (χ0n) is 12.4. The topological polar surface area (TPSA) is 53.4 Å². The summed E-state index contributed by atoms with van der Waals surface area (Å²) < 4.78 is 25.0. The van der Waals surface area contributed by atoms with Crippen LogP contribution >= 0.6 is 29.8 Å². The molecule has 0 fully saturated rings. The van der Waals surface area contributed by atoms with E-state index in [4.69, 9.17) is 20.6 Å². The van der Waals surface area contributed by atoms with Gasteiger partial charge in [-0.1, -0.05) is 36.7 Å². The molecule has 0 saturated carbocycles. The van der Waals surface area contributed by atoms with Gasteiger partial charge in [0.1, 0.15) is 5.02 Å². The summed E-state index contributed by atoms with van der Waals surface area (Å²) in [5.41, 5.74) is 0.840. The lowest BCUT2D eigenvalue weighted by molar-refractivity contribution is 0.293. The summed E-state index contributed by atoms with van der Waals surface area (Å²) in [4.78, 5) is 0. The molecule has 0 radical (unpaired) electrons. The van der Waals surface area contributed by atoms with Gasteiger partial charge in [0.05, 0.1) is 18.5 Å². The largest absolute Gasteiger partial charge is 0.441 e. The zero-order chi connectivity index (χ0) is 16.0. The Labute approximate surface area is 139 Å². The molecule has 1 unspecified atom stereocenters. The fraction of sp³-hybridized carbons (Fsp3) is 0.357. The Hall–Kier alpha value is -0.940. The molecule has 1 aromatic carbocycles. The minimum atomic E-state index is -3.31. The number of benzene rings is 1. The molecule has 0 aliphatic carbocycles. The van der Waals surface area contributed by atoms with E-state index >= 15 is 0 Å². The van der Waals surface area contributed by atoms with E-state index < -0.39 is 6.80 Å². The van der Waals surface area contributed by atoms with E-state index in [1.165, 1.54) is 0 Å². The van der Waals surface area contributed by atoms with Gasteiger partial charge in [-0.2, -0.15) is 0 Å². The van der Waals surface area contributed by atoms with Gasteiger partial charge in [0, 0.05) is 5.75 Å². The molecule has 0 aliphatic heterocycles. The van der Waals surface area contributed by atoms with Crippen LogP contribution in [0.15, 0.2) is 36.5 Å². The Balaban J connectivity index is 2.21. The molecule has 1 heterocycles. The molecule has 1 aromatic heterocycles. The predicted molar refractivity (Wildman–Crippen MR) is 91.2 cm³/mol. The smallest absolute Gasteiger partial charge is 0.395 e. The van der Waals surface area contributed by atoms with Gasteiger partial charge < -0.3 is 4.52 Å². The van der Waals surface area contributed by atoms with E-state index in [0.717, 1.165) is 23.5 Å². The number of para-hydroxylation sites is 1. The van der Waals surface area contributed by atoms with Crippen LogP contribution in [0.3, 0.4) is 0 Å². The van der Waals surface area contributed by atoms with Crippen LogP contribution in [0.2, 0.25) is 5.02 Å². The Kier molecular flexibility index (Phi) is 6.38. The summed E-state index contributed by atoms with van der Waals surface area (Å²) in [5.74, 6) is 0.791. The highest BCUT2D eigenvalue weighted by Crippen LogP contribution is 2.60. The number of halogens is 1. The monoisotopic (exact) mass is 360 g/mol. The molecule has 0 bridgehead atoms. The number of rotatable bonds is 8. The van der Waals surface area contributed by atoms with Crippen LogP contribution in [0.1, 0.15) is 20.3 Å². The van der Waals surface area contributed by atoms with Gasteiger partial charge in [0.15, 0.2) is 0 Å². The molecule has 2 rings (SSSR count). The molecule has 0 N–H and O–H groups in total. The van der Waals surface area contributed by atoms with Crippen molar-refractivity contribution in [2.75, 3.05) is 12.4 Å².